The summed E-state index contributed by atoms with van der Waals surface area (Å²) in [5.74, 6) is 0. The SMILES string of the molecule is CCc1nn(CC)c(CC(O)C(O)C(C)(C)C)c1Br. The standard InChI is InChI=1S/C14H25BrN2O2/c1-6-9-12(15)10(17(7-2)16-9)8-11(18)13(19)14(3,4)5/h11,13,18-19H,6-8H2,1-5H3. The zero-order valence-electron chi connectivity index (χ0n) is 12.4. The van der Waals surface area contributed by atoms with E-state index in [0.717, 1.165) is 28.8 Å². The van der Waals surface area contributed by atoms with E-state index in [1.54, 1.807) is 0 Å². The summed E-state index contributed by atoms with van der Waals surface area (Å²) in [6, 6.07) is 0. The van der Waals surface area contributed by atoms with Crippen LogP contribution in [0.3, 0.4) is 0 Å². The fraction of sp³-hybridized carbons (Fsp3) is 0.786. The molecule has 5 heteroatoms. The number of halogens is 1. The van der Waals surface area contributed by atoms with Crippen LogP contribution in [-0.4, -0.2) is 32.2 Å². The quantitative estimate of drug-likeness (QED) is 0.871. The van der Waals surface area contributed by atoms with E-state index in [9.17, 15) is 10.2 Å². The first-order valence-electron chi connectivity index (χ1n) is 6.82. The Kier molecular flexibility index (Phi) is 5.59. The predicted molar refractivity (Wildman–Crippen MR) is 80.2 cm³/mol. The summed E-state index contributed by atoms with van der Waals surface area (Å²) in [7, 11) is 0. The monoisotopic (exact) mass is 332 g/mol. The molecule has 0 saturated heterocycles. The molecule has 2 unspecified atom stereocenters. The van der Waals surface area contributed by atoms with E-state index in [2.05, 4.69) is 28.0 Å². The highest BCUT2D eigenvalue weighted by atomic mass is 79.9. The van der Waals surface area contributed by atoms with Crippen molar-refractivity contribution >= 4 is 15.9 Å². The lowest BCUT2D eigenvalue weighted by Gasteiger charge is -2.30. The van der Waals surface area contributed by atoms with Gasteiger partial charge < -0.3 is 10.2 Å². The van der Waals surface area contributed by atoms with Crippen molar-refractivity contribution < 1.29 is 10.2 Å². The summed E-state index contributed by atoms with van der Waals surface area (Å²) in [5.41, 5.74) is 1.61. The molecule has 0 spiro atoms. The van der Waals surface area contributed by atoms with Gasteiger partial charge in [-0.2, -0.15) is 5.10 Å². The largest absolute Gasteiger partial charge is 0.390 e. The minimum atomic E-state index is -0.789. The predicted octanol–water partition coefficient (Wildman–Crippen LogP) is 2.54. The van der Waals surface area contributed by atoms with Crippen molar-refractivity contribution in [3.8, 4) is 0 Å². The molecular weight excluding hydrogens is 308 g/mol. The molecule has 0 bridgehead atoms. The molecule has 0 aliphatic heterocycles. The second-order valence-electron chi connectivity index (χ2n) is 5.96. The summed E-state index contributed by atoms with van der Waals surface area (Å²) >= 11 is 3.56. The smallest absolute Gasteiger partial charge is 0.0859 e. The molecule has 2 N–H and O–H groups in total. The average Bonchev–Trinajstić information content (AvgIpc) is 2.64. The zero-order chi connectivity index (χ0) is 14.8. The van der Waals surface area contributed by atoms with Gasteiger partial charge in [0.2, 0.25) is 0 Å². The van der Waals surface area contributed by atoms with Crippen molar-refractivity contribution in [1.82, 2.24) is 9.78 Å². The summed E-state index contributed by atoms with van der Waals surface area (Å²) in [5, 5.41) is 24.9. The molecule has 0 fully saturated rings. The Bertz CT molecular complexity index is 424. The van der Waals surface area contributed by atoms with E-state index in [1.165, 1.54) is 0 Å². The molecule has 1 heterocycles. The number of aliphatic hydroxyl groups is 2. The van der Waals surface area contributed by atoms with E-state index in [1.807, 2.05) is 32.4 Å². The maximum Gasteiger partial charge on any atom is 0.0859 e. The van der Waals surface area contributed by atoms with Crippen LogP contribution < -0.4 is 0 Å². The number of aromatic nitrogens is 2. The number of hydrogen-bond acceptors (Lipinski definition) is 3. The molecular formula is C14H25BrN2O2. The molecule has 19 heavy (non-hydrogen) atoms. The molecule has 0 amide bonds. The van der Waals surface area contributed by atoms with Gasteiger partial charge in [-0.05, 0) is 34.7 Å². The van der Waals surface area contributed by atoms with Crippen LogP contribution in [-0.2, 0) is 19.4 Å². The Hall–Kier alpha value is -0.390. The van der Waals surface area contributed by atoms with Crippen LogP contribution in [0.15, 0.2) is 4.47 Å². The number of aliphatic hydroxyl groups excluding tert-OH is 2. The molecule has 0 radical (unpaired) electrons. The van der Waals surface area contributed by atoms with Crippen molar-refractivity contribution in [3.63, 3.8) is 0 Å². The van der Waals surface area contributed by atoms with Gasteiger partial charge in [0.25, 0.3) is 0 Å². The first-order valence-corrected chi connectivity index (χ1v) is 7.61. The Balaban J connectivity index is 2.96. The summed E-state index contributed by atoms with van der Waals surface area (Å²) < 4.78 is 2.85. The van der Waals surface area contributed by atoms with E-state index >= 15 is 0 Å². The maximum absolute atomic E-state index is 10.2. The fourth-order valence-corrected chi connectivity index (χ4v) is 2.83. The second-order valence-corrected chi connectivity index (χ2v) is 6.75. The Morgan fingerprint density at radius 3 is 2.26 bits per heavy atom. The lowest BCUT2D eigenvalue weighted by Crippen LogP contribution is -2.39. The summed E-state index contributed by atoms with van der Waals surface area (Å²) in [4.78, 5) is 0. The highest BCUT2D eigenvalue weighted by molar-refractivity contribution is 9.10. The third kappa shape index (κ3) is 3.80. The molecule has 0 saturated carbocycles. The number of rotatable bonds is 5. The molecule has 1 aromatic rings. The molecule has 0 aliphatic carbocycles. The van der Waals surface area contributed by atoms with Crippen LogP contribution in [0.2, 0.25) is 0 Å². The van der Waals surface area contributed by atoms with Crippen LogP contribution in [0.5, 0.6) is 0 Å². The van der Waals surface area contributed by atoms with Crippen molar-refractivity contribution in [3.05, 3.63) is 15.9 Å². The van der Waals surface area contributed by atoms with Gasteiger partial charge in [-0.15, -0.1) is 0 Å². The van der Waals surface area contributed by atoms with Gasteiger partial charge in [-0.1, -0.05) is 27.7 Å². The van der Waals surface area contributed by atoms with Crippen molar-refractivity contribution in [2.75, 3.05) is 0 Å². The minimum absolute atomic E-state index is 0.337. The molecule has 2 atom stereocenters. The van der Waals surface area contributed by atoms with Crippen molar-refractivity contribution in [1.29, 1.82) is 0 Å². The molecule has 4 nitrogen and oxygen atoms in total. The van der Waals surface area contributed by atoms with Crippen LogP contribution in [0.1, 0.15) is 46.0 Å². The third-order valence-corrected chi connectivity index (χ3v) is 4.26. The lowest BCUT2D eigenvalue weighted by molar-refractivity contribution is -0.0442. The van der Waals surface area contributed by atoms with Crippen molar-refractivity contribution in [2.45, 2.75) is 66.2 Å². The highest BCUT2D eigenvalue weighted by Gasteiger charge is 2.30. The minimum Gasteiger partial charge on any atom is -0.390 e. The highest BCUT2D eigenvalue weighted by Crippen LogP contribution is 2.27. The van der Waals surface area contributed by atoms with Gasteiger partial charge >= 0.3 is 0 Å². The van der Waals surface area contributed by atoms with Crippen LogP contribution in [0.25, 0.3) is 0 Å². The maximum atomic E-state index is 10.2. The van der Waals surface area contributed by atoms with Crippen LogP contribution in [0.4, 0.5) is 0 Å². The van der Waals surface area contributed by atoms with Gasteiger partial charge in [0.1, 0.15) is 0 Å². The van der Waals surface area contributed by atoms with Gasteiger partial charge in [-0.25, -0.2) is 0 Å². The number of hydrogen-bond donors (Lipinski definition) is 2. The average molecular weight is 333 g/mol. The fourth-order valence-electron chi connectivity index (χ4n) is 2.10. The first kappa shape index (κ1) is 16.7. The van der Waals surface area contributed by atoms with Gasteiger partial charge in [0.05, 0.1) is 28.1 Å². The van der Waals surface area contributed by atoms with Crippen LogP contribution >= 0.6 is 15.9 Å². The normalized spacial score (nSPS) is 15.6. The van der Waals surface area contributed by atoms with Crippen molar-refractivity contribution in [2.24, 2.45) is 5.41 Å². The van der Waals surface area contributed by atoms with Gasteiger partial charge in [0.15, 0.2) is 0 Å². The van der Waals surface area contributed by atoms with Crippen LogP contribution in [0, 0.1) is 5.41 Å². The van der Waals surface area contributed by atoms with E-state index < -0.39 is 12.2 Å². The van der Waals surface area contributed by atoms with E-state index in [4.69, 9.17) is 0 Å². The Morgan fingerprint density at radius 2 is 1.84 bits per heavy atom. The van der Waals surface area contributed by atoms with E-state index in [-0.39, 0.29) is 5.41 Å². The first-order chi connectivity index (χ1) is 8.72. The second kappa shape index (κ2) is 6.37. The molecule has 1 rings (SSSR count). The molecule has 1 aromatic heterocycles. The lowest BCUT2D eigenvalue weighted by atomic mass is 9.84. The number of nitrogens with zero attached hydrogens (tertiary/aromatic N) is 2. The van der Waals surface area contributed by atoms with Gasteiger partial charge in [-0.3, -0.25) is 4.68 Å². The zero-order valence-corrected chi connectivity index (χ0v) is 14.0. The third-order valence-electron chi connectivity index (χ3n) is 3.35. The molecule has 110 valence electrons. The summed E-state index contributed by atoms with van der Waals surface area (Å²) in [6.45, 7) is 10.6. The Morgan fingerprint density at radius 1 is 1.26 bits per heavy atom. The van der Waals surface area contributed by atoms with E-state index in [0.29, 0.717) is 6.42 Å². The molecule has 0 aliphatic rings. The molecule has 0 aromatic carbocycles. The number of aryl methyl sites for hydroxylation is 2. The summed E-state index contributed by atoms with van der Waals surface area (Å²) in [6.07, 6.45) is -0.300. The van der Waals surface area contributed by atoms with Gasteiger partial charge in [0, 0.05) is 13.0 Å². The Labute approximate surface area is 124 Å². The topological polar surface area (TPSA) is 58.3 Å².